The number of aromatic nitrogens is 5. The topological polar surface area (TPSA) is 120 Å². The molecule has 13 heteroatoms. The Labute approximate surface area is 155 Å². The predicted octanol–water partition coefficient (Wildman–Crippen LogP) is 0.215. The number of amides is 1. The number of ether oxygens (including phenoxy) is 1. The van der Waals surface area contributed by atoms with Crippen LogP contribution in [0, 0.1) is 5.92 Å². The van der Waals surface area contributed by atoms with Gasteiger partial charge in [0.25, 0.3) is 5.91 Å². The molecule has 0 radical (unpaired) electrons. The number of carbonyl (C=O) groups excluding carboxylic acids is 2. The second kappa shape index (κ2) is 7.20. The first-order valence-electron chi connectivity index (χ1n) is 8.41. The zero-order valence-electron chi connectivity index (χ0n) is 14.9. The molecule has 0 spiro atoms. The molecular formula is C15H17F3N6O4. The standard InChI is InChI=1S/C15H17F3N6O4/c1-7(25)28-11-8(15(16,17)18)4-3-5-9(11)20-13(26)10-12-21-22-23(2)14(27)24(12)6-19-10/h6,8-9,11H,3-5H2,1-2H3,(H,20,26). The molecule has 1 amide bonds. The van der Waals surface area contributed by atoms with E-state index in [-0.39, 0.29) is 30.6 Å². The molecule has 0 aromatic carbocycles. The van der Waals surface area contributed by atoms with Gasteiger partial charge in [0.05, 0.1) is 12.0 Å². The molecule has 152 valence electrons. The third-order valence-corrected chi connectivity index (χ3v) is 4.58. The monoisotopic (exact) mass is 402 g/mol. The van der Waals surface area contributed by atoms with Crippen molar-refractivity contribution in [3.63, 3.8) is 0 Å². The quantitative estimate of drug-likeness (QED) is 0.729. The molecule has 10 nitrogen and oxygen atoms in total. The highest BCUT2D eigenvalue weighted by Gasteiger charge is 2.51. The van der Waals surface area contributed by atoms with Crippen LogP contribution in [-0.2, 0) is 16.6 Å². The molecule has 2 aromatic heterocycles. The molecule has 0 saturated heterocycles. The summed E-state index contributed by atoms with van der Waals surface area (Å²) in [6, 6.07) is -1.06. The van der Waals surface area contributed by atoms with Gasteiger partial charge in [-0.3, -0.25) is 9.59 Å². The van der Waals surface area contributed by atoms with Gasteiger partial charge in [-0.25, -0.2) is 14.2 Å². The molecule has 0 bridgehead atoms. The van der Waals surface area contributed by atoms with Gasteiger partial charge in [0.2, 0.25) is 0 Å². The first kappa shape index (κ1) is 19.8. The minimum absolute atomic E-state index is 0.132. The van der Waals surface area contributed by atoms with Crippen LogP contribution in [0.4, 0.5) is 13.2 Å². The molecule has 3 unspecified atom stereocenters. The minimum Gasteiger partial charge on any atom is -0.460 e. The first-order valence-corrected chi connectivity index (χ1v) is 8.41. The van der Waals surface area contributed by atoms with Crippen molar-refractivity contribution in [2.45, 2.75) is 44.5 Å². The van der Waals surface area contributed by atoms with Crippen LogP contribution < -0.4 is 11.0 Å². The SMILES string of the molecule is CC(=O)OC1C(NC(=O)c2ncn3c(=O)n(C)nnc23)CCCC1C(F)(F)F. The minimum atomic E-state index is -4.58. The molecule has 1 aliphatic rings. The number of hydrogen-bond donors (Lipinski definition) is 1. The zero-order valence-corrected chi connectivity index (χ0v) is 14.9. The van der Waals surface area contributed by atoms with Gasteiger partial charge in [-0.05, 0) is 12.8 Å². The Hall–Kier alpha value is -2.99. The van der Waals surface area contributed by atoms with E-state index in [1.54, 1.807) is 0 Å². The lowest BCUT2D eigenvalue weighted by atomic mass is 9.82. The smallest absolute Gasteiger partial charge is 0.395 e. The van der Waals surface area contributed by atoms with E-state index < -0.39 is 41.8 Å². The largest absolute Gasteiger partial charge is 0.460 e. The highest BCUT2D eigenvalue weighted by atomic mass is 19.4. The van der Waals surface area contributed by atoms with Crippen LogP contribution in [0.15, 0.2) is 11.1 Å². The van der Waals surface area contributed by atoms with Crippen molar-refractivity contribution >= 4 is 17.5 Å². The van der Waals surface area contributed by atoms with Gasteiger partial charge in [-0.2, -0.15) is 17.9 Å². The number of rotatable bonds is 3. The first-order chi connectivity index (χ1) is 13.1. The van der Waals surface area contributed by atoms with Crippen LogP contribution in [0.25, 0.3) is 5.65 Å². The number of hydrogen-bond acceptors (Lipinski definition) is 7. The molecule has 1 saturated carbocycles. The third-order valence-electron chi connectivity index (χ3n) is 4.58. The number of nitrogens with one attached hydrogen (secondary N) is 1. The van der Waals surface area contributed by atoms with E-state index in [1.165, 1.54) is 7.05 Å². The van der Waals surface area contributed by atoms with E-state index in [4.69, 9.17) is 4.74 Å². The van der Waals surface area contributed by atoms with Gasteiger partial charge in [0.1, 0.15) is 12.4 Å². The van der Waals surface area contributed by atoms with Gasteiger partial charge >= 0.3 is 17.8 Å². The maximum absolute atomic E-state index is 13.3. The summed E-state index contributed by atoms with van der Waals surface area (Å²) >= 11 is 0. The van der Waals surface area contributed by atoms with Gasteiger partial charge in [-0.15, -0.1) is 5.10 Å². The summed E-state index contributed by atoms with van der Waals surface area (Å²) in [7, 11) is 1.36. The van der Waals surface area contributed by atoms with Crippen molar-refractivity contribution in [2.75, 3.05) is 0 Å². The van der Waals surface area contributed by atoms with Crippen LogP contribution in [0.2, 0.25) is 0 Å². The summed E-state index contributed by atoms with van der Waals surface area (Å²) in [5.41, 5.74) is -0.988. The molecular weight excluding hydrogens is 385 g/mol. The van der Waals surface area contributed by atoms with Crippen LogP contribution in [0.3, 0.4) is 0 Å². The Bertz CT molecular complexity index is 969. The number of fused-ring (bicyclic) bond motifs is 1. The molecule has 2 heterocycles. The molecule has 2 aromatic rings. The van der Waals surface area contributed by atoms with Gasteiger partial charge in [-0.1, -0.05) is 11.6 Å². The summed E-state index contributed by atoms with van der Waals surface area (Å²) in [6.07, 6.45) is -4.88. The Morgan fingerprint density at radius 1 is 1.32 bits per heavy atom. The van der Waals surface area contributed by atoms with Crippen molar-refractivity contribution in [3.05, 3.63) is 22.5 Å². The summed E-state index contributed by atoms with van der Waals surface area (Å²) in [5.74, 6) is -3.60. The van der Waals surface area contributed by atoms with Gasteiger partial charge in [0, 0.05) is 14.0 Å². The number of alkyl halides is 3. The maximum atomic E-state index is 13.3. The number of aryl methyl sites for hydroxylation is 1. The van der Waals surface area contributed by atoms with Crippen LogP contribution in [0.1, 0.15) is 36.7 Å². The maximum Gasteiger partial charge on any atom is 0.395 e. The highest BCUT2D eigenvalue weighted by Crippen LogP contribution is 2.39. The van der Waals surface area contributed by atoms with E-state index in [0.29, 0.717) is 0 Å². The van der Waals surface area contributed by atoms with Gasteiger partial charge < -0.3 is 10.1 Å². The van der Waals surface area contributed by atoms with E-state index >= 15 is 0 Å². The number of imidazole rings is 1. The lowest BCUT2D eigenvalue weighted by Gasteiger charge is -2.38. The highest BCUT2D eigenvalue weighted by molar-refractivity contribution is 5.98. The van der Waals surface area contributed by atoms with Crippen LogP contribution >= 0.6 is 0 Å². The Morgan fingerprint density at radius 3 is 2.68 bits per heavy atom. The van der Waals surface area contributed by atoms with Gasteiger partial charge in [0.15, 0.2) is 11.3 Å². The molecule has 1 fully saturated rings. The van der Waals surface area contributed by atoms with E-state index in [9.17, 15) is 27.6 Å². The fourth-order valence-electron chi connectivity index (χ4n) is 3.30. The third kappa shape index (κ3) is 3.68. The van der Waals surface area contributed by atoms with Crippen molar-refractivity contribution < 1.29 is 27.5 Å². The number of halogens is 3. The predicted molar refractivity (Wildman–Crippen MR) is 86.2 cm³/mol. The fourth-order valence-corrected chi connectivity index (χ4v) is 3.30. The molecule has 3 atom stereocenters. The van der Waals surface area contributed by atoms with Crippen molar-refractivity contribution in [1.29, 1.82) is 0 Å². The van der Waals surface area contributed by atoms with Crippen molar-refractivity contribution in [1.82, 2.24) is 29.7 Å². The molecule has 1 N–H and O–H groups in total. The zero-order chi connectivity index (χ0) is 20.6. The summed E-state index contributed by atoms with van der Waals surface area (Å²) in [4.78, 5) is 39.7. The molecule has 1 aliphatic carbocycles. The summed E-state index contributed by atoms with van der Waals surface area (Å²) in [5, 5.41) is 9.72. The second-order valence-electron chi connectivity index (χ2n) is 6.52. The summed E-state index contributed by atoms with van der Waals surface area (Å²) in [6.45, 7) is 1.01. The molecule has 0 aliphatic heterocycles. The Kier molecular flexibility index (Phi) is 5.08. The normalized spacial score (nSPS) is 22.8. The van der Waals surface area contributed by atoms with Crippen molar-refractivity contribution in [2.24, 2.45) is 13.0 Å². The molecule has 3 rings (SSSR count). The molecule has 28 heavy (non-hydrogen) atoms. The fraction of sp³-hybridized carbons (Fsp3) is 0.600. The average Bonchev–Trinajstić information content (AvgIpc) is 3.03. The Balaban J connectivity index is 1.88. The Morgan fingerprint density at radius 2 is 2.04 bits per heavy atom. The number of carbonyl (C=O) groups is 2. The van der Waals surface area contributed by atoms with E-state index in [0.717, 1.165) is 22.3 Å². The second-order valence-corrected chi connectivity index (χ2v) is 6.52. The lowest BCUT2D eigenvalue weighted by Crippen LogP contribution is -2.54. The van der Waals surface area contributed by atoms with E-state index in [2.05, 4.69) is 20.6 Å². The lowest BCUT2D eigenvalue weighted by molar-refractivity contribution is -0.219. The van der Waals surface area contributed by atoms with Crippen LogP contribution in [0.5, 0.6) is 0 Å². The van der Waals surface area contributed by atoms with E-state index in [1.807, 2.05) is 0 Å². The number of nitrogens with zero attached hydrogens (tertiary/aromatic N) is 5. The van der Waals surface area contributed by atoms with Crippen LogP contribution in [-0.4, -0.2) is 54.6 Å². The average molecular weight is 402 g/mol. The van der Waals surface area contributed by atoms with Crippen molar-refractivity contribution in [3.8, 4) is 0 Å². The summed E-state index contributed by atoms with van der Waals surface area (Å²) < 4.78 is 46.9. The number of esters is 1.